The summed E-state index contributed by atoms with van der Waals surface area (Å²) in [7, 11) is 2.08. The number of carbonyl (C=O) groups excluding carboxylic acids is 1. The number of carbonyl (C=O) groups is 1. The number of aryl methyl sites for hydroxylation is 2. The second-order valence-electron chi connectivity index (χ2n) is 6.88. The van der Waals surface area contributed by atoms with Gasteiger partial charge in [0, 0.05) is 24.4 Å². The number of hydrogen-bond acceptors (Lipinski definition) is 8. The first kappa shape index (κ1) is 20.3. The minimum Gasteiger partial charge on any atom is -0.862 e. The standard InChI is InChI=1S/C19H25N5O3S/c1-14-5-4-6-15(2)18(14)19(26)28-12-7-16(25)20-17-13-24(21-27-17)23-10-8-22(3)9-11-23/h4-6,13H,7-12H2,1-3H3. The molecule has 1 aliphatic rings. The molecule has 8 nitrogen and oxygen atoms in total. The third-order valence-electron chi connectivity index (χ3n) is 4.68. The Labute approximate surface area is 168 Å². The number of aromatic nitrogens is 2. The van der Waals surface area contributed by atoms with Crippen molar-refractivity contribution in [3.8, 4) is 0 Å². The molecule has 1 aromatic heterocycles. The molecule has 1 fully saturated rings. The van der Waals surface area contributed by atoms with Crippen molar-refractivity contribution in [3.63, 3.8) is 0 Å². The molecule has 0 spiro atoms. The van der Waals surface area contributed by atoms with Crippen LogP contribution >= 0.6 is 11.8 Å². The van der Waals surface area contributed by atoms with Gasteiger partial charge in [-0.15, -0.1) is 0 Å². The Morgan fingerprint density at radius 3 is 2.64 bits per heavy atom. The summed E-state index contributed by atoms with van der Waals surface area (Å²) < 4.78 is 5.14. The number of nitrogens with zero attached hydrogens (tertiary/aromatic N) is 5. The quantitative estimate of drug-likeness (QED) is 0.401. The maximum atomic E-state index is 12.4. The molecule has 3 rings (SSSR count). The molecule has 1 aliphatic heterocycles. The van der Waals surface area contributed by atoms with Crippen LogP contribution in [0.25, 0.3) is 0 Å². The first-order valence-electron chi connectivity index (χ1n) is 9.24. The molecule has 0 unspecified atom stereocenters. The summed E-state index contributed by atoms with van der Waals surface area (Å²) >= 11 is 1.14. The van der Waals surface area contributed by atoms with Crippen LogP contribution in [0, 0.1) is 13.8 Å². The Balaban J connectivity index is 1.52. The fraction of sp³-hybridized carbons (Fsp3) is 0.474. The lowest BCUT2D eigenvalue weighted by atomic mass is 10.0. The van der Waals surface area contributed by atoms with Crippen LogP contribution in [0.4, 0.5) is 5.88 Å². The largest absolute Gasteiger partial charge is 0.862 e. The van der Waals surface area contributed by atoms with Gasteiger partial charge in [0.05, 0.1) is 17.9 Å². The van der Waals surface area contributed by atoms with Crippen LogP contribution in [0.5, 0.6) is 0 Å². The molecule has 28 heavy (non-hydrogen) atoms. The normalized spacial score (nSPS) is 15.8. The van der Waals surface area contributed by atoms with Crippen molar-refractivity contribution in [2.24, 2.45) is 4.99 Å². The number of thioether (sulfide) groups is 1. The SMILES string of the molecule is Cc1cccc(C)c1C(=O)SCCC([O-])=Nc1c[n+](N2CCN(C)CC2)no1. The zero-order valence-electron chi connectivity index (χ0n) is 16.4. The van der Waals surface area contributed by atoms with Gasteiger partial charge in [-0.05, 0) is 44.3 Å². The van der Waals surface area contributed by atoms with Gasteiger partial charge in [0.1, 0.15) is 0 Å². The molecule has 0 aliphatic carbocycles. The molecule has 0 atom stereocenters. The van der Waals surface area contributed by atoms with E-state index in [9.17, 15) is 9.90 Å². The van der Waals surface area contributed by atoms with E-state index in [1.165, 1.54) is 0 Å². The Hall–Kier alpha value is -2.39. The second-order valence-corrected chi connectivity index (χ2v) is 7.94. The maximum Gasteiger partial charge on any atom is 0.324 e. The number of benzene rings is 1. The van der Waals surface area contributed by atoms with Crippen molar-refractivity contribution >= 4 is 28.7 Å². The van der Waals surface area contributed by atoms with Crippen LogP contribution < -0.4 is 14.9 Å². The lowest BCUT2D eigenvalue weighted by Gasteiger charge is -2.26. The Morgan fingerprint density at radius 1 is 1.29 bits per heavy atom. The molecule has 0 N–H and O–H groups in total. The first-order chi connectivity index (χ1) is 13.4. The van der Waals surface area contributed by atoms with Gasteiger partial charge >= 0.3 is 5.88 Å². The van der Waals surface area contributed by atoms with E-state index < -0.39 is 0 Å². The number of aliphatic imine (C=N–C) groups is 1. The van der Waals surface area contributed by atoms with E-state index in [2.05, 4.69) is 22.2 Å². The highest BCUT2D eigenvalue weighted by atomic mass is 32.2. The zero-order valence-corrected chi connectivity index (χ0v) is 17.2. The van der Waals surface area contributed by atoms with Crippen molar-refractivity contribution in [3.05, 3.63) is 41.1 Å². The highest BCUT2D eigenvalue weighted by molar-refractivity contribution is 8.14. The van der Waals surface area contributed by atoms with Crippen LogP contribution in [0.1, 0.15) is 27.9 Å². The topological polar surface area (TPSA) is 88.9 Å². The van der Waals surface area contributed by atoms with Gasteiger partial charge in [0.25, 0.3) is 6.20 Å². The summed E-state index contributed by atoms with van der Waals surface area (Å²) in [5.41, 5.74) is 2.62. The molecule has 1 aromatic carbocycles. The molecule has 150 valence electrons. The average molecular weight is 404 g/mol. The van der Waals surface area contributed by atoms with Crippen molar-refractivity contribution < 1.29 is 19.2 Å². The van der Waals surface area contributed by atoms with Crippen molar-refractivity contribution in [2.45, 2.75) is 20.3 Å². The van der Waals surface area contributed by atoms with Crippen LogP contribution in [-0.4, -0.2) is 60.2 Å². The van der Waals surface area contributed by atoms with E-state index >= 15 is 0 Å². The summed E-state index contributed by atoms with van der Waals surface area (Å²) in [5, 5.41) is 18.0. The van der Waals surface area contributed by atoms with Crippen LogP contribution in [0.15, 0.2) is 33.9 Å². The molecule has 0 amide bonds. The van der Waals surface area contributed by atoms with E-state index in [1.807, 2.05) is 37.1 Å². The van der Waals surface area contributed by atoms with Gasteiger partial charge < -0.3 is 10.0 Å². The minimum absolute atomic E-state index is 0.0176. The lowest BCUT2D eigenvalue weighted by molar-refractivity contribution is -0.759. The monoisotopic (exact) mass is 403 g/mol. The molecule has 0 radical (unpaired) electrons. The number of likely N-dealkylation sites (N-methyl/N-ethyl adjacent to an activating group) is 1. The fourth-order valence-electron chi connectivity index (χ4n) is 3.03. The van der Waals surface area contributed by atoms with Gasteiger partial charge in [-0.3, -0.25) is 9.32 Å². The predicted octanol–water partition coefficient (Wildman–Crippen LogP) is 0.816. The van der Waals surface area contributed by atoms with Gasteiger partial charge in [0.2, 0.25) is 10.4 Å². The van der Waals surface area contributed by atoms with E-state index in [1.54, 1.807) is 11.0 Å². The molecule has 0 saturated carbocycles. The van der Waals surface area contributed by atoms with E-state index in [0.29, 0.717) is 5.75 Å². The van der Waals surface area contributed by atoms with E-state index in [0.717, 1.165) is 54.6 Å². The minimum atomic E-state index is -0.330. The van der Waals surface area contributed by atoms with Gasteiger partial charge in [-0.2, -0.15) is 5.01 Å². The summed E-state index contributed by atoms with van der Waals surface area (Å²) in [5.74, 6) is 0.222. The maximum absolute atomic E-state index is 12.4. The third-order valence-corrected chi connectivity index (χ3v) is 5.56. The molecule has 9 heteroatoms. The number of piperazine rings is 1. The molecular weight excluding hydrogens is 378 g/mol. The van der Waals surface area contributed by atoms with Crippen LogP contribution in [0.3, 0.4) is 0 Å². The summed E-state index contributed by atoms with van der Waals surface area (Å²) in [6.07, 6.45) is 1.77. The fourth-order valence-corrected chi connectivity index (χ4v) is 3.96. The van der Waals surface area contributed by atoms with Crippen molar-refractivity contribution in [1.82, 2.24) is 10.2 Å². The van der Waals surface area contributed by atoms with E-state index in [4.69, 9.17) is 4.52 Å². The summed E-state index contributed by atoms with van der Waals surface area (Å²) in [4.78, 5) is 20.2. The van der Waals surface area contributed by atoms with Crippen molar-refractivity contribution in [2.75, 3.05) is 44.0 Å². The second kappa shape index (κ2) is 9.20. The van der Waals surface area contributed by atoms with Gasteiger partial charge in [0.15, 0.2) is 0 Å². The molecule has 0 bridgehead atoms. The predicted molar refractivity (Wildman–Crippen MR) is 107 cm³/mol. The zero-order chi connectivity index (χ0) is 20.1. The highest BCUT2D eigenvalue weighted by Crippen LogP contribution is 2.20. The van der Waals surface area contributed by atoms with Crippen LogP contribution in [0.2, 0.25) is 0 Å². The number of hydrogen-bond donors (Lipinski definition) is 0. The molecule has 2 aromatic rings. The Bertz CT molecular complexity index is 839. The third kappa shape index (κ3) is 5.11. The molecule has 1 saturated heterocycles. The molecular formula is C19H25N5O3S. The lowest BCUT2D eigenvalue weighted by Crippen LogP contribution is -2.64. The summed E-state index contributed by atoms with van der Waals surface area (Å²) in [6.45, 7) is 7.38. The smallest absolute Gasteiger partial charge is 0.324 e. The summed E-state index contributed by atoms with van der Waals surface area (Å²) in [6, 6.07) is 5.77. The molecule has 2 heterocycles. The van der Waals surface area contributed by atoms with Crippen molar-refractivity contribution in [1.29, 1.82) is 0 Å². The van der Waals surface area contributed by atoms with Gasteiger partial charge in [-0.1, -0.05) is 30.0 Å². The average Bonchev–Trinajstić information content (AvgIpc) is 3.10. The highest BCUT2D eigenvalue weighted by Gasteiger charge is 2.24. The van der Waals surface area contributed by atoms with E-state index in [-0.39, 0.29) is 23.3 Å². The first-order valence-corrected chi connectivity index (χ1v) is 10.2. The van der Waals surface area contributed by atoms with Crippen LogP contribution in [-0.2, 0) is 0 Å². The Morgan fingerprint density at radius 2 is 1.96 bits per heavy atom. The Kier molecular flexibility index (Phi) is 6.69. The van der Waals surface area contributed by atoms with Gasteiger partial charge in [-0.25, -0.2) is 4.99 Å². The number of rotatable bonds is 6.